The molecule has 0 saturated carbocycles. The van der Waals surface area contributed by atoms with Crippen LogP contribution in [0.4, 0.5) is 0 Å². The van der Waals surface area contributed by atoms with Crippen LogP contribution in [0, 0.1) is 0 Å². The fourth-order valence-electron chi connectivity index (χ4n) is 1.83. The number of halogens is 1. The van der Waals surface area contributed by atoms with Gasteiger partial charge in [-0.3, -0.25) is 4.57 Å². The number of rotatable bonds is 5. The molecule has 19 heavy (non-hydrogen) atoms. The number of methoxy groups -OCH3 is 2. The van der Waals surface area contributed by atoms with Crippen LogP contribution in [0.3, 0.4) is 0 Å². The quantitative estimate of drug-likeness (QED) is 0.841. The van der Waals surface area contributed by atoms with Crippen LogP contribution in [-0.2, 0) is 12.4 Å². The number of ether oxygens (including phenoxy) is 2. The van der Waals surface area contributed by atoms with Crippen molar-refractivity contribution in [1.82, 2.24) is 14.8 Å². The van der Waals surface area contributed by atoms with Gasteiger partial charge >= 0.3 is 0 Å². The molecule has 0 atom stereocenters. The summed E-state index contributed by atoms with van der Waals surface area (Å²) in [4.78, 5) is 0. The predicted molar refractivity (Wildman–Crippen MR) is 71.9 cm³/mol. The molecule has 6 nitrogen and oxygen atoms in total. The molecule has 0 radical (unpaired) electrons. The van der Waals surface area contributed by atoms with Crippen LogP contribution in [0.25, 0.3) is 5.69 Å². The molecule has 2 aromatic rings. The Bertz CT molecular complexity index is 549. The van der Waals surface area contributed by atoms with E-state index in [0.717, 1.165) is 5.69 Å². The minimum Gasteiger partial charge on any atom is -0.493 e. The first kappa shape index (κ1) is 13.6. The number of hydrogen-bond acceptors (Lipinski definition) is 5. The van der Waals surface area contributed by atoms with Crippen molar-refractivity contribution in [3.63, 3.8) is 0 Å². The lowest BCUT2D eigenvalue weighted by atomic mass is 10.2. The zero-order valence-corrected chi connectivity index (χ0v) is 11.5. The van der Waals surface area contributed by atoms with E-state index in [-0.39, 0.29) is 12.4 Å². The second-order valence-electron chi connectivity index (χ2n) is 3.74. The normalized spacial score (nSPS) is 10.5. The summed E-state index contributed by atoms with van der Waals surface area (Å²) in [5.41, 5.74) is 6.49. The number of nitrogens with zero attached hydrogens (tertiary/aromatic N) is 3. The van der Waals surface area contributed by atoms with E-state index in [9.17, 15) is 0 Å². The molecule has 2 rings (SSSR count). The lowest BCUT2D eigenvalue weighted by Crippen LogP contribution is -2.09. The van der Waals surface area contributed by atoms with Crippen molar-refractivity contribution in [2.75, 3.05) is 14.2 Å². The van der Waals surface area contributed by atoms with Gasteiger partial charge in [0.15, 0.2) is 23.1 Å². The number of alkyl halides is 1. The number of nitrogens with two attached hydrogens (primary N) is 1. The SMILES string of the molecule is COc1ccc(-n2c(CN)nnc2CCl)cc1OC. The van der Waals surface area contributed by atoms with Crippen LogP contribution >= 0.6 is 11.6 Å². The second-order valence-corrected chi connectivity index (χ2v) is 4.01. The number of benzene rings is 1. The highest BCUT2D eigenvalue weighted by atomic mass is 35.5. The van der Waals surface area contributed by atoms with Gasteiger partial charge in [0, 0.05) is 6.07 Å². The largest absolute Gasteiger partial charge is 0.493 e. The maximum atomic E-state index is 5.86. The Morgan fingerprint density at radius 3 is 2.42 bits per heavy atom. The minimum atomic E-state index is 0.251. The van der Waals surface area contributed by atoms with Crippen LogP contribution in [0.2, 0.25) is 0 Å². The summed E-state index contributed by atoms with van der Waals surface area (Å²) in [5.74, 6) is 2.80. The molecule has 0 bridgehead atoms. The number of aromatic nitrogens is 3. The van der Waals surface area contributed by atoms with E-state index in [1.807, 2.05) is 22.8 Å². The molecule has 0 saturated heterocycles. The first-order chi connectivity index (χ1) is 9.24. The van der Waals surface area contributed by atoms with Gasteiger partial charge < -0.3 is 15.2 Å². The molecule has 0 unspecified atom stereocenters. The van der Waals surface area contributed by atoms with Gasteiger partial charge in [-0.15, -0.1) is 21.8 Å². The van der Waals surface area contributed by atoms with E-state index in [4.69, 9.17) is 26.8 Å². The monoisotopic (exact) mass is 282 g/mol. The van der Waals surface area contributed by atoms with Gasteiger partial charge in [-0.05, 0) is 12.1 Å². The Balaban J connectivity index is 2.55. The lowest BCUT2D eigenvalue weighted by molar-refractivity contribution is 0.355. The molecule has 1 aromatic carbocycles. The van der Waals surface area contributed by atoms with Crippen LogP contribution in [0.5, 0.6) is 11.5 Å². The smallest absolute Gasteiger partial charge is 0.162 e. The van der Waals surface area contributed by atoms with E-state index in [0.29, 0.717) is 23.1 Å². The van der Waals surface area contributed by atoms with Crippen molar-refractivity contribution in [3.05, 3.63) is 29.8 Å². The van der Waals surface area contributed by atoms with Gasteiger partial charge in [-0.2, -0.15) is 0 Å². The van der Waals surface area contributed by atoms with E-state index in [1.54, 1.807) is 14.2 Å². The summed E-state index contributed by atoms with van der Waals surface area (Å²) in [6.07, 6.45) is 0. The lowest BCUT2D eigenvalue weighted by Gasteiger charge is -2.12. The molecule has 0 fully saturated rings. The molecule has 1 heterocycles. The summed E-state index contributed by atoms with van der Waals surface area (Å²) in [6.45, 7) is 0.276. The van der Waals surface area contributed by atoms with Crippen molar-refractivity contribution in [1.29, 1.82) is 0 Å². The maximum absolute atomic E-state index is 5.86. The molecule has 0 amide bonds. The van der Waals surface area contributed by atoms with Crippen molar-refractivity contribution in [2.45, 2.75) is 12.4 Å². The minimum absolute atomic E-state index is 0.251. The van der Waals surface area contributed by atoms with Crippen molar-refractivity contribution >= 4 is 11.6 Å². The summed E-state index contributed by atoms with van der Waals surface area (Å²) >= 11 is 5.86. The molecule has 0 aliphatic carbocycles. The fraction of sp³-hybridized carbons (Fsp3) is 0.333. The standard InChI is InChI=1S/C12H15ClN4O2/c1-18-9-4-3-8(5-10(9)19-2)17-11(6-13)15-16-12(17)7-14/h3-5H,6-7,14H2,1-2H3. The first-order valence-electron chi connectivity index (χ1n) is 5.66. The summed E-state index contributed by atoms with van der Waals surface area (Å²) in [6, 6.07) is 5.52. The van der Waals surface area contributed by atoms with Gasteiger partial charge in [0.25, 0.3) is 0 Å². The molecular formula is C12H15ClN4O2. The fourth-order valence-corrected chi connectivity index (χ4v) is 2.01. The number of hydrogen-bond donors (Lipinski definition) is 1. The third-order valence-electron chi connectivity index (χ3n) is 2.72. The third-order valence-corrected chi connectivity index (χ3v) is 2.96. The third kappa shape index (κ3) is 2.50. The zero-order chi connectivity index (χ0) is 13.8. The molecule has 7 heteroatoms. The predicted octanol–water partition coefficient (Wildman–Crippen LogP) is 1.48. The van der Waals surface area contributed by atoms with E-state index in [2.05, 4.69) is 10.2 Å². The highest BCUT2D eigenvalue weighted by Crippen LogP contribution is 2.30. The highest BCUT2D eigenvalue weighted by molar-refractivity contribution is 6.16. The summed E-state index contributed by atoms with van der Waals surface area (Å²) < 4.78 is 12.3. The average molecular weight is 283 g/mol. The topological polar surface area (TPSA) is 75.2 Å². The van der Waals surface area contributed by atoms with E-state index in [1.165, 1.54) is 0 Å². The van der Waals surface area contributed by atoms with Gasteiger partial charge in [-0.25, -0.2) is 0 Å². The Morgan fingerprint density at radius 2 is 1.84 bits per heavy atom. The molecule has 0 spiro atoms. The Kier molecular flexibility index (Phi) is 4.24. The van der Waals surface area contributed by atoms with Gasteiger partial charge in [0.05, 0.1) is 32.3 Å². The van der Waals surface area contributed by atoms with E-state index >= 15 is 0 Å². The Morgan fingerprint density at radius 1 is 1.16 bits per heavy atom. The van der Waals surface area contributed by atoms with Gasteiger partial charge in [-0.1, -0.05) is 0 Å². The highest BCUT2D eigenvalue weighted by Gasteiger charge is 2.14. The maximum Gasteiger partial charge on any atom is 0.162 e. The zero-order valence-electron chi connectivity index (χ0n) is 10.8. The van der Waals surface area contributed by atoms with Crippen molar-refractivity contribution in [3.8, 4) is 17.2 Å². The summed E-state index contributed by atoms with van der Waals surface area (Å²) in [7, 11) is 3.17. The Labute approximate surface area is 116 Å². The Hall–Kier alpha value is -1.79. The van der Waals surface area contributed by atoms with Crippen molar-refractivity contribution in [2.24, 2.45) is 5.73 Å². The van der Waals surface area contributed by atoms with Crippen LogP contribution < -0.4 is 15.2 Å². The second kappa shape index (κ2) is 5.90. The first-order valence-corrected chi connectivity index (χ1v) is 6.20. The molecule has 1 aromatic heterocycles. The molecule has 102 valence electrons. The molecule has 2 N–H and O–H groups in total. The van der Waals surface area contributed by atoms with Crippen LogP contribution in [0.15, 0.2) is 18.2 Å². The molecule has 0 aliphatic rings. The molecular weight excluding hydrogens is 268 g/mol. The van der Waals surface area contributed by atoms with Crippen molar-refractivity contribution < 1.29 is 9.47 Å². The van der Waals surface area contributed by atoms with Crippen LogP contribution in [0.1, 0.15) is 11.6 Å². The average Bonchev–Trinajstić information content (AvgIpc) is 2.89. The van der Waals surface area contributed by atoms with Crippen LogP contribution in [-0.4, -0.2) is 29.0 Å². The summed E-state index contributed by atoms with van der Waals surface area (Å²) in [5, 5.41) is 8.02. The molecule has 0 aliphatic heterocycles. The van der Waals surface area contributed by atoms with Gasteiger partial charge in [0.2, 0.25) is 0 Å². The van der Waals surface area contributed by atoms with E-state index < -0.39 is 0 Å². The van der Waals surface area contributed by atoms with Gasteiger partial charge in [0.1, 0.15) is 0 Å².